The topological polar surface area (TPSA) is 47.0 Å². The minimum Gasteiger partial charge on any atom is -0.388 e. The molecule has 1 saturated heterocycles. The van der Waals surface area contributed by atoms with Crippen LogP contribution < -0.4 is 0 Å². The predicted octanol–water partition coefficient (Wildman–Crippen LogP) is 1.42. The first-order chi connectivity index (χ1) is 11.4. The lowest BCUT2D eigenvalue weighted by atomic mass is 9.89. The van der Waals surface area contributed by atoms with Crippen molar-refractivity contribution in [2.75, 3.05) is 47.3 Å². The highest BCUT2D eigenvalue weighted by Gasteiger charge is 2.35. The Balaban J connectivity index is 1.79. The van der Waals surface area contributed by atoms with E-state index in [4.69, 9.17) is 0 Å². The van der Waals surface area contributed by atoms with Crippen LogP contribution in [0.3, 0.4) is 0 Å². The fraction of sp³-hybridized carbons (Fsp3) is 0.632. The van der Waals surface area contributed by atoms with Crippen LogP contribution in [0.4, 0.5) is 0 Å². The first-order valence-corrected chi connectivity index (χ1v) is 8.75. The van der Waals surface area contributed by atoms with Crippen LogP contribution in [0.5, 0.6) is 0 Å². The highest BCUT2D eigenvalue weighted by molar-refractivity contribution is 5.76. The molecule has 1 heterocycles. The Morgan fingerprint density at radius 1 is 1.25 bits per heavy atom. The summed E-state index contributed by atoms with van der Waals surface area (Å²) in [6.07, 6.45) is 1.87. The quantitative estimate of drug-likeness (QED) is 0.820. The van der Waals surface area contributed by atoms with Gasteiger partial charge >= 0.3 is 0 Å². The number of hydrogen-bond acceptors (Lipinski definition) is 4. The Hall–Kier alpha value is -1.43. The van der Waals surface area contributed by atoms with Gasteiger partial charge in [0.05, 0.1) is 12.0 Å². The molecule has 1 aliphatic rings. The van der Waals surface area contributed by atoms with E-state index in [1.807, 2.05) is 6.07 Å². The molecule has 0 saturated carbocycles. The van der Waals surface area contributed by atoms with Gasteiger partial charge in [0.25, 0.3) is 0 Å². The maximum absolute atomic E-state index is 11.9. The van der Waals surface area contributed by atoms with Crippen LogP contribution in [0, 0.1) is 0 Å². The number of piperidine rings is 1. The fourth-order valence-electron chi connectivity index (χ4n) is 3.27. The van der Waals surface area contributed by atoms with E-state index in [1.165, 1.54) is 5.56 Å². The number of likely N-dealkylation sites (tertiary alicyclic amines) is 1. The Morgan fingerprint density at radius 2 is 1.96 bits per heavy atom. The van der Waals surface area contributed by atoms with Gasteiger partial charge in [0, 0.05) is 40.3 Å². The van der Waals surface area contributed by atoms with E-state index in [0.717, 1.165) is 32.6 Å². The molecule has 1 aliphatic heterocycles. The summed E-state index contributed by atoms with van der Waals surface area (Å²) in [6, 6.07) is 10.4. The van der Waals surface area contributed by atoms with E-state index in [-0.39, 0.29) is 12.3 Å². The zero-order valence-corrected chi connectivity index (χ0v) is 15.2. The smallest absolute Gasteiger partial charge is 0.224 e. The summed E-state index contributed by atoms with van der Waals surface area (Å²) in [7, 11) is 5.61. The largest absolute Gasteiger partial charge is 0.388 e. The first kappa shape index (κ1) is 18.9. The van der Waals surface area contributed by atoms with Crippen molar-refractivity contribution >= 4 is 5.91 Å². The van der Waals surface area contributed by atoms with E-state index in [2.05, 4.69) is 41.1 Å². The lowest BCUT2D eigenvalue weighted by Crippen LogP contribution is -2.51. The summed E-state index contributed by atoms with van der Waals surface area (Å²) in [5, 5.41) is 10.8. The number of hydrogen-bond donors (Lipinski definition) is 1. The molecule has 5 nitrogen and oxygen atoms in total. The summed E-state index contributed by atoms with van der Waals surface area (Å²) >= 11 is 0. The van der Waals surface area contributed by atoms with Crippen LogP contribution in [-0.4, -0.2) is 78.6 Å². The summed E-state index contributed by atoms with van der Waals surface area (Å²) < 4.78 is 0. The molecular weight excluding hydrogens is 302 g/mol. The van der Waals surface area contributed by atoms with E-state index >= 15 is 0 Å². The van der Waals surface area contributed by atoms with Crippen molar-refractivity contribution in [3.63, 3.8) is 0 Å². The second-order valence-corrected chi connectivity index (χ2v) is 7.29. The highest BCUT2D eigenvalue weighted by atomic mass is 16.3. The second kappa shape index (κ2) is 8.60. The number of benzene rings is 1. The monoisotopic (exact) mass is 333 g/mol. The number of β-amino-alcohol motifs (C(OH)–C–C–N with tert-alkyl or cyclic N) is 1. The van der Waals surface area contributed by atoms with Gasteiger partial charge in [-0.2, -0.15) is 0 Å². The van der Waals surface area contributed by atoms with Crippen molar-refractivity contribution in [3.8, 4) is 0 Å². The number of rotatable bonds is 7. The van der Waals surface area contributed by atoms with Crippen molar-refractivity contribution in [2.45, 2.75) is 31.4 Å². The number of carbonyl (C=O) groups is 1. The van der Waals surface area contributed by atoms with Crippen LogP contribution >= 0.6 is 0 Å². The highest BCUT2D eigenvalue weighted by Crippen LogP contribution is 2.25. The summed E-state index contributed by atoms with van der Waals surface area (Å²) in [6.45, 7) is 4.38. The molecule has 134 valence electrons. The standard InChI is InChI=1S/C19H31N3O2/c1-20(2)18(23)14-19(24)10-7-11-22(16-19)13-12-21(3)15-17-8-5-4-6-9-17/h4-6,8-9,24H,7,10-16H2,1-3H3. The van der Waals surface area contributed by atoms with Crippen molar-refractivity contribution in [1.29, 1.82) is 0 Å². The molecular formula is C19H31N3O2. The molecule has 1 aromatic rings. The molecule has 0 aromatic heterocycles. The lowest BCUT2D eigenvalue weighted by Gasteiger charge is -2.39. The van der Waals surface area contributed by atoms with Gasteiger partial charge in [-0.05, 0) is 32.0 Å². The molecule has 2 rings (SSSR count). The minimum atomic E-state index is -0.877. The van der Waals surface area contributed by atoms with Gasteiger partial charge in [-0.25, -0.2) is 0 Å². The van der Waals surface area contributed by atoms with E-state index in [1.54, 1.807) is 19.0 Å². The molecule has 1 amide bonds. The fourth-order valence-corrected chi connectivity index (χ4v) is 3.27. The molecule has 1 aromatic carbocycles. The number of likely N-dealkylation sites (N-methyl/N-ethyl adjacent to an activating group) is 1. The third-order valence-corrected chi connectivity index (χ3v) is 4.71. The van der Waals surface area contributed by atoms with Crippen molar-refractivity contribution in [1.82, 2.24) is 14.7 Å². The van der Waals surface area contributed by atoms with Gasteiger partial charge in [0.1, 0.15) is 0 Å². The van der Waals surface area contributed by atoms with Gasteiger partial charge in [0.2, 0.25) is 5.91 Å². The number of carbonyl (C=O) groups excluding carboxylic acids is 1. The molecule has 1 unspecified atom stereocenters. The zero-order chi connectivity index (χ0) is 17.6. The molecule has 0 spiro atoms. The zero-order valence-electron chi connectivity index (χ0n) is 15.2. The number of amides is 1. The molecule has 24 heavy (non-hydrogen) atoms. The number of nitrogens with zero attached hydrogens (tertiary/aromatic N) is 3. The summed E-state index contributed by atoms with van der Waals surface area (Å²) in [4.78, 5) is 18.1. The van der Waals surface area contributed by atoms with E-state index in [0.29, 0.717) is 13.0 Å². The Labute approximate surface area is 145 Å². The Kier molecular flexibility index (Phi) is 6.78. The van der Waals surface area contributed by atoms with Crippen molar-refractivity contribution in [3.05, 3.63) is 35.9 Å². The molecule has 5 heteroatoms. The maximum Gasteiger partial charge on any atom is 0.224 e. The normalized spacial score (nSPS) is 21.9. The molecule has 1 atom stereocenters. The average Bonchev–Trinajstić information content (AvgIpc) is 2.53. The maximum atomic E-state index is 11.9. The Bertz CT molecular complexity index is 521. The molecule has 0 radical (unpaired) electrons. The second-order valence-electron chi connectivity index (χ2n) is 7.29. The molecule has 0 bridgehead atoms. The van der Waals surface area contributed by atoms with Gasteiger partial charge in [-0.15, -0.1) is 0 Å². The SMILES string of the molecule is CN(CCN1CCCC(O)(CC(=O)N(C)C)C1)Cc1ccccc1. The van der Waals surface area contributed by atoms with Gasteiger partial charge < -0.3 is 14.9 Å². The van der Waals surface area contributed by atoms with Crippen LogP contribution in [0.15, 0.2) is 30.3 Å². The van der Waals surface area contributed by atoms with E-state index in [9.17, 15) is 9.90 Å². The van der Waals surface area contributed by atoms with Gasteiger partial charge in [-0.1, -0.05) is 30.3 Å². The van der Waals surface area contributed by atoms with E-state index < -0.39 is 5.60 Å². The first-order valence-electron chi connectivity index (χ1n) is 8.75. The lowest BCUT2D eigenvalue weighted by molar-refractivity contribution is -0.136. The van der Waals surface area contributed by atoms with Crippen molar-refractivity contribution < 1.29 is 9.90 Å². The Morgan fingerprint density at radius 3 is 2.62 bits per heavy atom. The van der Waals surface area contributed by atoms with Gasteiger partial charge in [-0.3, -0.25) is 9.69 Å². The number of aliphatic hydroxyl groups is 1. The third kappa shape index (κ3) is 5.89. The summed E-state index contributed by atoms with van der Waals surface area (Å²) in [5.41, 5.74) is 0.434. The van der Waals surface area contributed by atoms with Crippen LogP contribution in [-0.2, 0) is 11.3 Å². The summed E-state index contributed by atoms with van der Waals surface area (Å²) in [5.74, 6) is 0.000505. The molecule has 1 fully saturated rings. The average molecular weight is 333 g/mol. The van der Waals surface area contributed by atoms with Crippen LogP contribution in [0.2, 0.25) is 0 Å². The van der Waals surface area contributed by atoms with Crippen LogP contribution in [0.1, 0.15) is 24.8 Å². The molecule has 1 N–H and O–H groups in total. The van der Waals surface area contributed by atoms with Crippen molar-refractivity contribution in [2.24, 2.45) is 0 Å². The predicted molar refractivity (Wildman–Crippen MR) is 96.7 cm³/mol. The minimum absolute atomic E-state index is 0.000505. The van der Waals surface area contributed by atoms with Crippen LogP contribution in [0.25, 0.3) is 0 Å². The third-order valence-electron chi connectivity index (χ3n) is 4.71. The van der Waals surface area contributed by atoms with Gasteiger partial charge in [0.15, 0.2) is 0 Å². The molecule has 0 aliphatic carbocycles.